The zero-order chi connectivity index (χ0) is 17.8. The van der Waals surface area contributed by atoms with E-state index in [1.807, 2.05) is 50.2 Å². The summed E-state index contributed by atoms with van der Waals surface area (Å²) < 4.78 is 1.29. The molecule has 5 heteroatoms. The third-order valence-corrected chi connectivity index (χ3v) is 4.31. The number of aromatic nitrogens is 2. The van der Waals surface area contributed by atoms with Crippen molar-refractivity contribution in [1.82, 2.24) is 9.66 Å². The molecule has 1 atom stereocenters. The van der Waals surface area contributed by atoms with E-state index in [9.17, 15) is 9.59 Å². The van der Waals surface area contributed by atoms with Gasteiger partial charge in [-0.15, -0.1) is 0 Å². The molecule has 0 saturated heterocycles. The lowest BCUT2D eigenvalue weighted by molar-refractivity contribution is -0.118. The van der Waals surface area contributed by atoms with Crippen molar-refractivity contribution in [1.29, 1.82) is 0 Å². The molecule has 0 fully saturated rings. The van der Waals surface area contributed by atoms with Crippen molar-refractivity contribution in [2.75, 3.05) is 5.43 Å². The maximum Gasteiger partial charge on any atom is 0.280 e. The Morgan fingerprint density at radius 3 is 2.44 bits per heavy atom. The number of carbonyl (C=O) groups is 1. The number of para-hydroxylation sites is 1. The Balaban J connectivity index is 2.00. The van der Waals surface area contributed by atoms with Crippen molar-refractivity contribution in [3.63, 3.8) is 0 Å². The summed E-state index contributed by atoms with van der Waals surface area (Å²) in [4.78, 5) is 30.1. The fraction of sp³-hybridized carbons (Fsp3) is 0.250. The van der Waals surface area contributed by atoms with Gasteiger partial charge in [0.25, 0.3) is 5.56 Å². The molecule has 0 spiro atoms. The Morgan fingerprint density at radius 2 is 1.76 bits per heavy atom. The average Bonchev–Trinajstić information content (AvgIpc) is 2.65. The van der Waals surface area contributed by atoms with Crippen molar-refractivity contribution in [3.8, 4) is 0 Å². The highest BCUT2D eigenvalue weighted by Gasteiger charge is 2.20. The van der Waals surface area contributed by atoms with Crippen molar-refractivity contribution < 1.29 is 4.79 Å². The third kappa shape index (κ3) is 3.31. The van der Waals surface area contributed by atoms with Gasteiger partial charge in [0, 0.05) is 6.42 Å². The third-order valence-electron chi connectivity index (χ3n) is 4.31. The second-order valence-electron chi connectivity index (χ2n) is 5.89. The molecular weight excluding hydrogens is 314 g/mol. The van der Waals surface area contributed by atoms with Gasteiger partial charge in [0.2, 0.25) is 5.91 Å². The summed E-state index contributed by atoms with van der Waals surface area (Å²) in [6.07, 6.45) is 1.19. The van der Waals surface area contributed by atoms with Crippen LogP contribution in [0.2, 0.25) is 0 Å². The normalized spacial score (nSPS) is 12.1. The molecule has 1 amide bonds. The highest BCUT2D eigenvalue weighted by atomic mass is 16.2. The number of amides is 1. The van der Waals surface area contributed by atoms with E-state index in [2.05, 4.69) is 10.4 Å². The van der Waals surface area contributed by atoms with E-state index in [-0.39, 0.29) is 17.4 Å². The van der Waals surface area contributed by atoms with Crippen LogP contribution in [0, 0.1) is 0 Å². The van der Waals surface area contributed by atoms with Crippen LogP contribution >= 0.6 is 0 Å². The fourth-order valence-electron chi connectivity index (χ4n) is 2.98. The van der Waals surface area contributed by atoms with Crippen LogP contribution in [-0.2, 0) is 11.2 Å². The van der Waals surface area contributed by atoms with E-state index in [0.29, 0.717) is 29.6 Å². The van der Waals surface area contributed by atoms with E-state index in [1.165, 1.54) is 4.68 Å². The molecule has 0 radical (unpaired) electrons. The summed E-state index contributed by atoms with van der Waals surface area (Å²) in [5.41, 5.74) is 4.10. The highest BCUT2D eigenvalue weighted by Crippen LogP contribution is 2.19. The van der Waals surface area contributed by atoms with Gasteiger partial charge in [0.15, 0.2) is 0 Å². The number of carbonyl (C=O) groups excluding carboxylic acids is 1. The van der Waals surface area contributed by atoms with Crippen molar-refractivity contribution in [3.05, 3.63) is 76.3 Å². The lowest BCUT2D eigenvalue weighted by Crippen LogP contribution is -2.38. The summed E-state index contributed by atoms with van der Waals surface area (Å²) in [6, 6.07) is 16.8. The first-order valence-electron chi connectivity index (χ1n) is 8.52. The molecule has 0 saturated carbocycles. The van der Waals surface area contributed by atoms with Crippen LogP contribution < -0.4 is 11.0 Å². The quantitative estimate of drug-likeness (QED) is 0.778. The molecule has 1 aromatic heterocycles. The minimum absolute atomic E-state index is 0.206. The van der Waals surface area contributed by atoms with Crippen LogP contribution in [0.15, 0.2) is 59.4 Å². The molecule has 1 heterocycles. The van der Waals surface area contributed by atoms with E-state index in [4.69, 9.17) is 0 Å². The molecule has 0 aliphatic carbocycles. The lowest BCUT2D eigenvalue weighted by atomic mass is 9.96. The number of aryl methyl sites for hydroxylation is 1. The predicted molar refractivity (Wildman–Crippen MR) is 99.2 cm³/mol. The SMILES string of the molecule is CCc1nc2ccccc2c(=O)n1NC(=O)[C@H](CC)c1ccccc1. The summed E-state index contributed by atoms with van der Waals surface area (Å²) >= 11 is 0. The average molecular weight is 335 g/mol. The van der Waals surface area contributed by atoms with Crippen LogP contribution in [0.1, 0.15) is 37.6 Å². The molecular formula is C20H21N3O2. The minimum Gasteiger partial charge on any atom is -0.273 e. The molecule has 0 unspecified atom stereocenters. The molecule has 128 valence electrons. The topological polar surface area (TPSA) is 64.0 Å². The summed E-state index contributed by atoms with van der Waals surface area (Å²) in [7, 11) is 0. The highest BCUT2D eigenvalue weighted by molar-refractivity contribution is 5.90. The van der Waals surface area contributed by atoms with E-state index in [1.54, 1.807) is 18.2 Å². The number of hydrogen-bond acceptors (Lipinski definition) is 3. The molecule has 0 aliphatic rings. The summed E-state index contributed by atoms with van der Waals surface area (Å²) in [5.74, 6) is 0.0202. The predicted octanol–water partition coefficient (Wildman–Crippen LogP) is 3.22. The van der Waals surface area contributed by atoms with E-state index in [0.717, 1.165) is 5.56 Å². The first kappa shape index (κ1) is 16.9. The minimum atomic E-state index is -0.315. The van der Waals surface area contributed by atoms with Crippen molar-refractivity contribution in [2.45, 2.75) is 32.6 Å². The number of hydrogen-bond donors (Lipinski definition) is 1. The Bertz CT molecular complexity index is 948. The van der Waals surface area contributed by atoms with Crippen LogP contribution in [0.25, 0.3) is 10.9 Å². The number of nitrogens with one attached hydrogen (secondary N) is 1. The van der Waals surface area contributed by atoms with Crippen molar-refractivity contribution in [2.24, 2.45) is 0 Å². The Hall–Kier alpha value is -2.95. The van der Waals surface area contributed by atoms with Crippen LogP contribution in [0.4, 0.5) is 0 Å². The largest absolute Gasteiger partial charge is 0.280 e. The Labute approximate surface area is 146 Å². The molecule has 0 aliphatic heterocycles. The molecule has 1 N–H and O–H groups in total. The smallest absolute Gasteiger partial charge is 0.273 e. The Morgan fingerprint density at radius 1 is 1.08 bits per heavy atom. The van der Waals surface area contributed by atoms with Gasteiger partial charge in [-0.2, -0.15) is 0 Å². The van der Waals surface area contributed by atoms with Gasteiger partial charge >= 0.3 is 0 Å². The second-order valence-corrected chi connectivity index (χ2v) is 5.89. The van der Waals surface area contributed by atoms with Crippen LogP contribution in [-0.4, -0.2) is 15.6 Å². The van der Waals surface area contributed by atoms with Crippen LogP contribution in [0.5, 0.6) is 0 Å². The van der Waals surface area contributed by atoms with Crippen molar-refractivity contribution >= 4 is 16.8 Å². The summed E-state index contributed by atoms with van der Waals surface area (Å²) in [6.45, 7) is 3.87. The van der Waals surface area contributed by atoms with Gasteiger partial charge in [-0.1, -0.05) is 56.3 Å². The number of rotatable bonds is 5. The molecule has 3 rings (SSSR count). The maximum absolute atomic E-state index is 12.8. The van der Waals surface area contributed by atoms with Gasteiger partial charge in [-0.3, -0.25) is 15.0 Å². The van der Waals surface area contributed by atoms with Gasteiger partial charge in [-0.25, -0.2) is 9.66 Å². The molecule has 2 aromatic carbocycles. The number of fused-ring (bicyclic) bond motifs is 1. The molecule has 0 bridgehead atoms. The van der Waals surface area contributed by atoms with Gasteiger partial charge in [0.1, 0.15) is 5.82 Å². The van der Waals surface area contributed by atoms with E-state index >= 15 is 0 Å². The molecule has 25 heavy (non-hydrogen) atoms. The zero-order valence-electron chi connectivity index (χ0n) is 14.4. The van der Waals surface area contributed by atoms with Gasteiger partial charge in [0.05, 0.1) is 16.8 Å². The van der Waals surface area contributed by atoms with Gasteiger partial charge in [-0.05, 0) is 24.1 Å². The van der Waals surface area contributed by atoms with Crippen LogP contribution in [0.3, 0.4) is 0 Å². The lowest BCUT2D eigenvalue weighted by Gasteiger charge is -2.18. The number of nitrogens with zero attached hydrogens (tertiary/aromatic N) is 2. The Kier molecular flexibility index (Phi) is 4.93. The fourth-order valence-corrected chi connectivity index (χ4v) is 2.98. The monoisotopic (exact) mass is 335 g/mol. The zero-order valence-corrected chi connectivity index (χ0v) is 14.4. The molecule has 3 aromatic rings. The van der Waals surface area contributed by atoms with E-state index < -0.39 is 0 Å². The summed E-state index contributed by atoms with van der Waals surface area (Å²) in [5, 5.41) is 0.493. The standard InChI is InChI=1S/C20H21N3O2/c1-3-15(14-10-6-5-7-11-14)19(24)22-23-18(4-2)21-17-13-9-8-12-16(17)20(23)25/h5-13,15H,3-4H2,1-2H3,(H,22,24)/t15-/m1/s1. The number of benzene rings is 2. The second kappa shape index (κ2) is 7.30. The first-order valence-corrected chi connectivity index (χ1v) is 8.52. The molecule has 5 nitrogen and oxygen atoms in total. The van der Waals surface area contributed by atoms with Gasteiger partial charge < -0.3 is 0 Å². The first-order chi connectivity index (χ1) is 12.2. The maximum atomic E-state index is 12.8.